The summed E-state index contributed by atoms with van der Waals surface area (Å²) < 4.78 is 5.45. The lowest BCUT2D eigenvalue weighted by atomic mass is 9.72. The molecule has 1 aromatic rings. The van der Waals surface area contributed by atoms with Gasteiger partial charge in [-0.2, -0.15) is 0 Å². The van der Waals surface area contributed by atoms with E-state index in [1.165, 1.54) is 6.42 Å². The molecule has 1 saturated heterocycles. The van der Waals surface area contributed by atoms with Gasteiger partial charge in [0.25, 0.3) is 0 Å². The Balaban J connectivity index is 1.86. The highest BCUT2D eigenvalue weighted by Gasteiger charge is 2.39. The fraction of sp³-hybridized carbons (Fsp3) is 0.667. The van der Waals surface area contributed by atoms with E-state index in [1.54, 1.807) is 0 Å². The van der Waals surface area contributed by atoms with Gasteiger partial charge in [-0.25, -0.2) is 0 Å². The van der Waals surface area contributed by atoms with Gasteiger partial charge in [0.2, 0.25) is 0 Å². The minimum absolute atomic E-state index is 0.0654. The highest BCUT2D eigenvalue weighted by Crippen LogP contribution is 2.41. The molecule has 2 fully saturated rings. The Bertz CT molecular complexity index is 526. The third-order valence-corrected chi connectivity index (χ3v) is 6.00. The molecule has 1 atom stereocenters. The number of hydrogen-bond donors (Lipinski definition) is 1. The van der Waals surface area contributed by atoms with Crippen molar-refractivity contribution in [1.29, 1.82) is 0 Å². The largest absolute Gasteiger partial charge is 0.389 e. The number of nitrogens with zero attached hydrogens (tertiary/aromatic N) is 1. The molecule has 0 spiro atoms. The lowest BCUT2D eigenvalue weighted by Crippen LogP contribution is -2.47. The molecule has 0 bridgehead atoms. The van der Waals surface area contributed by atoms with Gasteiger partial charge in [-0.1, -0.05) is 48.5 Å². The topological polar surface area (TPSA) is 32.7 Å². The summed E-state index contributed by atoms with van der Waals surface area (Å²) in [5, 5.41) is 12.5. The number of benzene rings is 1. The Morgan fingerprint density at radius 3 is 2.43 bits per heavy atom. The van der Waals surface area contributed by atoms with Crippen molar-refractivity contribution >= 4 is 23.2 Å². The smallest absolute Gasteiger partial charge is 0.0728 e. The summed E-state index contributed by atoms with van der Waals surface area (Å²) in [5.41, 5.74) is 0.448. The van der Waals surface area contributed by atoms with Crippen LogP contribution in [0.15, 0.2) is 18.2 Å². The summed E-state index contributed by atoms with van der Waals surface area (Å²) in [6.07, 6.45) is 5.13. The van der Waals surface area contributed by atoms with Crippen LogP contribution in [0.2, 0.25) is 10.0 Å². The van der Waals surface area contributed by atoms with Crippen LogP contribution in [-0.2, 0) is 4.74 Å². The summed E-state index contributed by atoms with van der Waals surface area (Å²) in [6, 6.07) is 5.80. The van der Waals surface area contributed by atoms with Crippen molar-refractivity contribution in [2.24, 2.45) is 0 Å². The van der Waals surface area contributed by atoms with E-state index in [2.05, 4.69) is 4.90 Å². The van der Waals surface area contributed by atoms with Crippen LogP contribution < -0.4 is 0 Å². The van der Waals surface area contributed by atoms with E-state index >= 15 is 0 Å². The predicted octanol–water partition coefficient (Wildman–Crippen LogP) is 4.10. The monoisotopic (exact) mass is 357 g/mol. The van der Waals surface area contributed by atoms with Crippen molar-refractivity contribution in [2.75, 3.05) is 32.8 Å². The Morgan fingerprint density at radius 1 is 1.09 bits per heavy atom. The normalized spacial score (nSPS) is 23.6. The van der Waals surface area contributed by atoms with E-state index in [1.807, 2.05) is 18.2 Å². The zero-order chi connectivity index (χ0) is 16.3. The van der Waals surface area contributed by atoms with E-state index in [-0.39, 0.29) is 5.92 Å². The molecule has 0 amide bonds. The lowest BCUT2D eigenvalue weighted by molar-refractivity contribution is -0.0414. The molecule has 1 aliphatic heterocycles. The van der Waals surface area contributed by atoms with Gasteiger partial charge in [0.05, 0.1) is 28.9 Å². The molecule has 23 heavy (non-hydrogen) atoms. The predicted molar refractivity (Wildman–Crippen MR) is 94.5 cm³/mol. The maximum absolute atomic E-state index is 11.3. The third kappa shape index (κ3) is 4.21. The van der Waals surface area contributed by atoms with Crippen LogP contribution >= 0.6 is 23.2 Å². The molecule has 3 rings (SSSR count). The minimum Gasteiger partial charge on any atom is -0.389 e. The summed E-state index contributed by atoms with van der Waals surface area (Å²) >= 11 is 12.3. The molecule has 0 aromatic heterocycles. The van der Waals surface area contributed by atoms with Crippen molar-refractivity contribution in [2.45, 2.75) is 43.6 Å². The third-order valence-electron chi connectivity index (χ3n) is 5.26. The number of ether oxygens (including phenoxy) is 1. The van der Waals surface area contributed by atoms with E-state index in [0.717, 1.165) is 64.1 Å². The second kappa shape index (κ2) is 7.71. The maximum Gasteiger partial charge on any atom is 0.0728 e. The molecule has 5 heteroatoms. The molecular weight excluding hydrogens is 333 g/mol. The van der Waals surface area contributed by atoms with Gasteiger partial charge >= 0.3 is 0 Å². The van der Waals surface area contributed by atoms with Crippen molar-refractivity contribution < 1.29 is 9.84 Å². The van der Waals surface area contributed by atoms with Crippen LogP contribution in [0.1, 0.15) is 43.6 Å². The Hall–Kier alpha value is -0.320. The molecule has 2 aliphatic rings. The van der Waals surface area contributed by atoms with Gasteiger partial charge in [-0.05, 0) is 30.5 Å². The van der Waals surface area contributed by atoms with E-state index in [4.69, 9.17) is 27.9 Å². The van der Waals surface area contributed by atoms with Crippen molar-refractivity contribution in [3.8, 4) is 0 Å². The highest BCUT2D eigenvalue weighted by atomic mass is 35.5. The molecule has 1 aliphatic carbocycles. The molecule has 1 saturated carbocycles. The fourth-order valence-electron chi connectivity index (χ4n) is 3.87. The Kier molecular flexibility index (Phi) is 5.87. The first kappa shape index (κ1) is 17.5. The zero-order valence-corrected chi connectivity index (χ0v) is 15.0. The summed E-state index contributed by atoms with van der Waals surface area (Å²) in [6.45, 7) is 4.23. The van der Waals surface area contributed by atoms with Crippen LogP contribution in [0.3, 0.4) is 0 Å². The van der Waals surface area contributed by atoms with Gasteiger partial charge < -0.3 is 9.84 Å². The van der Waals surface area contributed by atoms with Gasteiger partial charge in [0.1, 0.15) is 0 Å². The number of aliphatic hydroxyl groups is 1. The average molecular weight is 358 g/mol. The van der Waals surface area contributed by atoms with Crippen molar-refractivity contribution in [1.82, 2.24) is 4.90 Å². The van der Waals surface area contributed by atoms with Crippen LogP contribution in [0.4, 0.5) is 0 Å². The van der Waals surface area contributed by atoms with E-state index < -0.39 is 5.60 Å². The summed E-state index contributed by atoms with van der Waals surface area (Å²) in [7, 11) is 0. The second-order valence-electron chi connectivity index (χ2n) is 6.80. The number of rotatable bonds is 4. The molecule has 128 valence electrons. The van der Waals surface area contributed by atoms with Crippen LogP contribution in [0.5, 0.6) is 0 Å². The molecule has 3 nitrogen and oxygen atoms in total. The quantitative estimate of drug-likeness (QED) is 0.880. The van der Waals surface area contributed by atoms with Gasteiger partial charge in [-0.3, -0.25) is 4.90 Å². The van der Waals surface area contributed by atoms with Crippen LogP contribution in [0.25, 0.3) is 0 Å². The van der Waals surface area contributed by atoms with Gasteiger partial charge in [0, 0.05) is 25.6 Å². The lowest BCUT2D eigenvalue weighted by Gasteiger charge is -2.42. The molecule has 1 aromatic carbocycles. The Morgan fingerprint density at radius 2 is 1.78 bits per heavy atom. The first-order chi connectivity index (χ1) is 11.1. The highest BCUT2D eigenvalue weighted by molar-refractivity contribution is 6.42. The zero-order valence-electron chi connectivity index (χ0n) is 13.4. The number of morpholine rings is 1. The number of hydrogen-bond acceptors (Lipinski definition) is 3. The minimum atomic E-state index is -0.645. The van der Waals surface area contributed by atoms with Crippen molar-refractivity contribution in [3.63, 3.8) is 0 Å². The second-order valence-corrected chi connectivity index (χ2v) is 7.62. The summed E-state index contributed by atoms with van der Waals surface area (Å²) in [4.78, 5) is 2.39. The van der Waals surface area contributed by atoms with Crippen LogP contribution in [-0.4, -0.2) is 48.5 Å². The first-order valence-electron chi connectivity index (χ1n) is 8.56. The molecule has 1 heterocycles. The van der Waals surface area contributed by atoms with Gasteiger partial charge in [-0.15, -0.1) is 0 Å². The molecular formula is C18H25Cl2NO2. The average Bonchev–Trinajstić information content (AvgIpc) is 2.57. The Labute approximate surface area is 148 Å². The summed E-state index contributed by atoms with van der Waals surface area (Å²) in [5.74, 6) is 0.0654. The first-order valence-corrected chi connectivity index (χ1v) is 9.31. The maximum atomic E-state index is 11.3. The van der Waals surface area contributed by atoms with Gasteiger partial charge in [0.15, 0.2) is 0 Å². The SMILES string of the molecule is OC1(C(CN2CCOCC2)c2ccc(Cl)c(Cl)c2)CCCCC1. The molecule has 1 N–H and O–H groups in total. The fourth-order valence-corrected chi connectivity index (χ4v) is 4.18. The van der Waals surface area contributed by atoms with Crippen LogP contribution in [0, 0.1) is 0 Å². The number of halogens is 2. The van der Waals surface area contributed by atoms with E-state index in [0.29, 0.717) is 10.0 Å². The standard InChI is InChI=1S/C18H25Cl2NO2/c19-16-5-4-14(12-17(16)20)15(13-21-8-10-23-11-9-21)18(22)6-2-1-3-7-18/h4-5,12,15,22H,1-3,6-11,13H2. The van der Waals surface area contributed by atoms with E-state index in [9.17, 15) is 5.11 Å². The molecule has 1 unspecified atom stereocenters. The molecule has 0 radical (unpaired) electrons. The van der Waals surface area contributed by atoms with Crippen molar-refractivity contribution in [3.05, 3.63) is 33.8 Å².